The number of guanidine groups is 1. The molecule has 1 unspecified atom stereocenters. The van der Waals surface area contributed by atoms with E-state index in [9.17, 15) is 19.2 Å². The van der Waals surface area contributed by atoms with Crippen LogP contribution in [0.15, 0.2) is 4.99 Å². The maximum atomic E-state index is 14.0. The molecule has 0 spiro atoms. The van der Waals surface area contributed by atoms with E-state index in [-0.39, 0.29) is 25.3 Å². The first-order valence-electron chi connectivity index (χ1n) is 17.0. The Morgan fingerprint density at radius 1 is 0.653 bits per heavy atom. The third-order valence-electron chi connectivity index (χ3n) is 7.19. The second kappa shape index (κ2) is 16.3. The highest BCUT2D eigenvalue weighted by Crippen LogP contribution is 2.38. The third kappa shape index (κ3) is 16.9. The number of alkyl carbamates (subject to hydrolysis) is 2. The Morgan fingerprint density at radius 3 is 1.59 bits per heavy atom. The zero-order chi connectivity index (χ0) is 38.3. The van der Waals surface area contributed by atoms with Gasteiger partial charge in [-0.3, -0.25) is 5.32 Å². The Hall–Kier alpha value is -3.07. The molecule has 282 valence electrons. The average Bonchev–Trinajstić information content (AvgIpc) is 3.02. The van der Waals surface area contributed by atoms with E-state index in [4.69, 9.17) is 28.3 Å². The normalized spacial score (nSPS) is 17.8. The highest BCUT2D eigenvalue weighted by Gasteiger charge is 2.51. The van der Waals surface area contributed by atoms with Gasteiger partial charge >= 0.3 is 31.4 Å². The van der Waals surface area contributed by atoms with Crippen LogP contribution >= 0.6 is 0 Å². The molecule has 15 heteroatoms. The van der Waals surface area contributed by atoms with E-state index in [2.05, 4.69) is 20.9 Å². The number of ether oxygens (including phenoxy) is 4. The summed E-state index contributed by atoms with van der Waals surface area (Å²) < 4.78 is 34.3. The van der Waals surface area contributed by atoms with Gasteiger partial charge in [0.25, 0.3) is 0 Å². The average molecular weight is 699 g/mol. The van der Waals surface area contributed by atoms with Crippen molar-refractivity contribution in [2.45, 2.75) is 182 Å². The fourth-order valence-corrected chi connectivity index (χ4v) is 4.48. The second-order valence-electron chi connectivity index (χ2n) is 17.4. The number of carbonyl (C=O) groups is 4. The highest BCUT2D eigenvalue weighted by atomic mass is 16.7. The van der Waals surface area contributed by atoms with Crippen molar-refractivity contribution in [1.82, 2.24) is 16.0 Å². The molecule has 0 aliphatic carbocycles. The van der Waals surface area contributed by atoms with Crippen molar-refractivity contribution in [1.29, 1.82) is 0 Å². The van der Waals surface area contributed by atoms with Crippen LogP contribution in [0, 0.1) is 0 Å². The van der Waals surface area contributed by atoms with Gasteiger partial charge in [-0.05, 0) is 130 Å². The molecule has 0 saturated carbocycles. The molecule has 0 aromatic carbocycles. The van der Waals surface area contributed by atoms with E-state index in [0.29, 0.717) is 19.2 Å². The van der Waals surface area contributed by atoms with Crippen LogP contribution in [-0.2, 0) is 33.1 Å². The zero-order valence-electron chi connectivity index (χ0n) is 32.8. The Labute approximate surface area is 294 Å². The number of hydrogen-bond acceptors (Lipinski definition) is 10. The minimum atomic E-state index is -1.58. The van der Waals surface area contributed by atoms with Crippen molar-refractivity contribution in [3.05, 3.63) is 0 Å². The van der Waals surface area contributed by atoms with Crippen molar-refractivity contribution >= 4 is 37.3 Å². The first-order valence-corrected chi connectivity index (χ1v) is 17.0. The van der Waals surface area contributed by atoms with E-state index < -0.39 is 70.5 Å². The molecule has 1 aliphatic heterocycles. The molecule has 1 atom stereocenters. The number of nitrogens with one attached hydrogen (secondary N) is 3. The number of esters is 1. The minimum absolute atomic E-state index is 0.0407. The number of amides is 3. The Balaban J connectivity index is 3.38. The lowest BCUT2D eigenvalue weighted by Crippen LogP contribution is -2.59. The lowest BCUT2D eigenvalue weighted by molar-refractivity contribution is -0.164. The second-order valence-corrected chi connectivity index (χ2v) is 17.4. The molecule has 0 aromatic heterocycles. The molecule has 1 rings (SSSR count). The number of rotatable bonds is 10. The van der Waals surface area contributed by atoms with Crippen molar-refractivity contribution in [3.63, 3.8) is 0 Å². The number of hydrogen-bond donors (Lipinski definition) is 3. The standard InChI is InChI=1S/C34H63BN4O10/c1-28(2,3)44-23(40)34(39-27(43)47-31(10,11)12,19-17-18-21-35-48-32(13,14)33(15,16)49-35)20-22-36-24(37-25(41)45-29(4,5)6)38-26(42)46-30(7,8)9/h17-22H2,1-16H3,(H,39,43)(H2,36,37,38,41,42). The fourth-order valence-electron chi connectivity index (χ4n) is 4.48. The van der Waals surface area contributed by atoms with Gasteiger partial charge in [0, 0.05) is 6.54 Å². The number of carbonyl (C=O) groups excluding carboxylic acids is 4. The lowest BCUT2D eigenvalue weighted by atomic mass is 9.80. The maximum absolute atomic E-state index is 14.0. The summed E-state index contributed by atoms with van der Waals surface area (Å²) in [6.45, 7) is 28.3. The van der Waals surface area contributed by atoms with Gasteiger partial charge in [0.1, 0.15) is 27.9 Å². The maximum Gasteiger partial charge on any atom is 0.457 e. The molecule has 1 fully saturated rings. The molecular weight excluding hydrogens is 635 g/mol. The SMILES string of the molecule is CC(C)(C)OC(=O)/N=C(\NCCC(CCCCB1OC(C)(C)C(C)(C)O1)(NC(=O)OC(C)(C)C)C(=O)OC(C)(C)C)NC(=O)OC(C)(C)C. The molecule has 49 heavy (non-hydrogen) atoms. The molecule has 3 N–H and O–H groups in total. The lowest BCUT2D eigenvalue weighted by Gasteiger charge is -2.36. The Morgan fingerprint density at radius 2 is 1.12 bits per heavy atom. The summed E-state index contributed by atoms with van der Waals surface area (Å²) in [5.41, 5.74) is -5.94. The largest absolute Gasteiger partial charge is 0.458 e. The van der Waals surface area contributed by atoms with Crippen molar-refractivity contribution in [3.8, 4) is 0 Å². The van der Waals surface area contributed by atoms with E-state index in [1.165, 1.54) is 0 Å². The van der Waals surface area contributed by atoms with Gasteiger partial charge in [-0.25, -0.2) is 19.2 Å². The minimum Gasteiger partial charge on any atom is -0.458 e. The predicted octanol–water partition coefficient (Wildman–Crippen LogP) is 6.65. The first kappa shape index (κ1) is 44.0. The van der Waals surface area contributed by atoms with Crippen LogP contribution in [0.5, 0.6) is 0 Å². The quantitative estimate of drug-likeness (QED) is 0.0557. The van der Waals surface area contributed by atoms with Crippen LogP contribution in [-0.4, -0.2) is 83.0 Å². The van der Waals surface area contributed by atoms with Crippen molar-refractivity contribution in [2.75, 3.05) is 6.54 Å². The van der Waals surface area contributed by atoms with Gasteiger partial charge in [0.05, 0.1) is 11.2 Å². The van der Waals surface area contributed by atoms with Gasteiger partial charge in [-0.15, -0.1) is 4.99 Å². The van der Waals surface area contributed by atoms with E-state index >= 15 is 0 Å². The van der Waals surface area contributed by atoms with Gasteiger partial charge in [0.2, 0.25) is 5.96 Å². The predicted molar refractivity (Wildman–Crippen MR) is 188 cm³/mol. The van der Waals surface area contributed by atoms with Crippen LogP contribution in [0.3, 0.4) is 0 Å². The van der Waals surface area contributed by atoms with Crippen LogP contribution in [0.2, 0.25) is 6.32 Å². The smallest absolute Gasteiger partial charge is 0.457 e. The van der Waals surface area contributed by atoms with Crippen LogP contribution < -0.4 is 16.0 Å². The monoisotopic (exact) mass is 698 g/mol. The molecule has 1 heterocycles. The van der Waals surface area contributed by atoms with Crippen LogP contribution in [0.1, 0.15) is 136 Å². The van der Waals surface area contributed by atoms with E-state index in [1.54, 1.807) is 83.1 Å². The summed E-state index contributed by atoms with van der Waals surface area (Å²) in [4.78, 5) is 56.3. The number of unbranched alkanes of at least 4 members (excludes halogenated alkanes) is 1. The topological polar surface area (TPSA) is 172 Å². The van der Waals surface area contributed by atoms with Crippen molar-refractivity contribution < 1.29 is 47.4 Å². The molecule has 14 nitrogen and oxygen atoms in total. The Kier molecular flexibility index (Phi) is 14.6. The Bertz CT molecular complexity index is 1180. The van der Waals surface area contributed by atoms with Crippen LogP contribution in [0.4, 0.5) is 14.4 Å². The summed E-state index contributed by atoms with van der Waals surface area (Å²) in [7, 11) is -0.424. The van der Waals surface area contributed by atoms with Gasteiger partial charge in [-0.1, -0.05) is 12.8 Å². The first-order chi connectivity index (χ1) is 21.8. The summed E-state index contributed by atoms with van der Waals surface area (Å²) in [6, 6.07) is 0. The summed E-state index contributed by atoms with van der Waals surface area (Å²) in [5.74, 6) is -0.936. The fraction of sp³-hybridized carbons (Fsp3) is 0.853. The van der Waals surface area contributed by atoms with E-state index in [1.807, 2.05) is 27.7 Å². The number of aliphatic imine (C=N–C) groups is 1. The van der Waals surface area contributed by atoms with E-state index in [0.717, 1.165) is 0 Å². The molecule has 1 aliphatic rings. The third-order valence-corrected chi connectivity index (χ3v) is 7.19. The highest BCUT2D eigenvalue weighted by molar-refractivity contribution is 6.45. The van der Waals surface area contributed by atoms with Crippen LogP contribution in [0.25, 0.3) is 0 Å². The molecule has 0 radical (unpaired) electrons. The summed E-state index contributed by atoms with van der Waals surface area (Å²) in [5, 5.41) is 8.13. The van der Waals surface area contributed by atoms with Gasteiger partial charge < -0.3 is 38.9 Å². The number of nitrogens with zero attached hydrogens (tertiary/aromatic N) is 1. The molecule has 0 aromatic rings. The summed E-state index contributed by atoms with van der Waals surface area (Å²) in [6.07, 6.45) is -0.853. The molecule has 3 amide bonds. The van der Waals surface area contributed by atoms with Gasteiger partial charge in [0.15, 0.2) is 0 Å². The van der Waals surface area contributed by atoms with Crippen molar-refractivity contribution in [2.24, 2.45) is 4.99 Å². The zero-order valence-corrected chi connectivity index (χ0v) is 32.8. The molecular formula is C34H63BN4O10. The summed E-state index contributed by atoms with van der Waals surface area (Å²) >= 11 is 0. The molecule has 0 bridgehead atoms. The van der Waals surface area contributed by atoms with Gasteiger partial charge in [-0.2, -0.15) is 0 Å². The molecule has 1 saturated heterocycles.